The van der Waals surface area contributed by atoms with Crippen LogP contribution in [0.15, 0.2) is 23.1 Å². The van der Waals surface area contributed by atoms with E-state index in [4.69, 9.17) is 4.74 Å². The van der Waals surface area contributed by atoms with Gasteiger partial charge in [-0.2, -0.15) is 4.31 Å². The second-order valence-corrected chi connectivity index (χ2v) is 10.1. The van der Waals surface area contributed by atoms with E-state index < -0.39 is 16.1 Å². The van der Waals surface area contributed by atoms with Crippen molar-refractivity contribution in [2.75, 3.05) is 44.3 Å². The first kappa shape index (κ1) is 21.3. The van der Waals surface area contributed by atoms with Crippen molar-refractivity contribution in [3.05, 3.63) is 23.8 Å². The minimum absolute atomic E-state index is 0.110. The van der Waals surface area contributed by atoms with E-state index in [9.17, 15) is 18.0 Å². The van der Waals surface area contributed by atoms with Gasteiger partial charge < -0.3 is 9.64 Å². The Morgan fingerprint density at radius 2 is 1.67 bits per heavy atom. The molecule has 4 rings (SSSR count). The molecule has 0 bridgehead atoms. The van der Waals surface area contributed by atoms with Crippen LogP contribution in [0.3, 0.4) is 0 Å². The monoisotopic (exact) mass is 435 g/mol. The Kier molecular flexibility index (Phi) is 6.13. The molecule has 3 aliphatic rings. The van der Waals surface area contributed by atoms with Crippen LogP contribution in [0.4, 0.5) is 5.69 Å². The van der Waals surface area contributed by atoms with E-state index in [0.29, 0.717) is 51.5 Å². The standard InChI is InChI=1S/C21H29N3O5S/c1-16(25)24-19-7-6-18(30(27,28)23-8-4-2-3-5-9-23)14-17(19)15-20(24)21(26)22-10-12-29-13-11-22/h6-7,14,20H,2-5,8-13,15H2,1H3. The van der Waals surface area contributed by atoms with Crippen molar-refractivity contribution in [3.63, 3.8) is 0 Å². The minimum atomic E-state index is -3.58. The largest absolute Gasteiger partial charge is 0.378 e. The van der Waals surface area contributed by atoms with Gasteiger partial charge >= 0.3 is 0 Å². The number of ether oxygens (including phenoxy) is 1. The highest BCUT2D eigenvalue weighted by Gasteiger charge is 2.40. The van der Waals surface area contributed by atoms with E-state index in [1.54, 1.807) is 27.4 Å². The number of fused-ring (bicyclic) bond motifs is 1. The maximum atomic E-state index is 13.2. The van der Waals surface area contributed by atoms with E-state index in [-0.39, 0.29) is 16.7 Å². The molecule has 1 unspecified atom stereocenters. The lowest BCUT2D eigenvalue weighted by Gasteiger charge is -2.32. The molecule has 0 saturated carbocycles. The van der Waals surface area contributed by atoms with E-state index in [1.165, 1.54) is 11.8 Å². The van der Waals surface area contributed by atoms with Crippen molar-refractivity contribution in [2.24, 2.45) is 0 Å². The first-order valence-corrected chi connectivity index (χ1v) is 12.1. The summed E-state index contributed by atoms with van der Waals surface area (Å²) in [7, 11) is -3.58. The van der Waals surface area contributed by atoms with Gasteiger partial charge in [-0.3, -0.25) is 14.5 Å². The maximum Gasteiger partial charge on any atom is 0.246 e. The summed E-state index contributed by atoms with van der Waals surface area (Å²) >= 11 is 0. The van der Waals surface area contributed by atoms with Crippen molar-refractivity contribution in [3.8, 4) is 0 Å². The molecule has 2 amide bonds. The van der Waals surface area contributed by atoms with Crippen molar-refractivity contribution >= 4 is 27.5 Å². The number of sulfonamides is 1. The Hall–Kier alpha value is -1.97. The van der Waals surface area contributed by atoms with Gasteiger partial charge in [0.05, 0.1) is 18.1 Å². The van der Waals surface area contributed by atoms with Gasteiger partial charge in [0.1, 0.15) is 6.04 Å². The van der Waals surface area contributed by atoms with Crippen LogP contribution in [0.25, 0.3) is 0 Å². The van der Waals surface area contributed by atoms with Crippen LogP contribution in [0.1, 0.15) is 38.2 Å². The van der Waals surface area contributed by atoms with Crippen LogP contribution >= 0.6 is 0 Å². The molecule has 1 atom stereocenters. The van der Waals surface area contributed by atoms with E-state index >= 15 is 0 Å². The van der Waals surface area contributed by atoms with Crippen molar-refractivity contribution in [2.45, 2.75) is 50.0 Å². The van der Waals surface area contributed by atoms with Gasteiger partial charge in [0.25, 0.3) is 0 Å². The third-order valence-corrected chi connectivity index (χ3v) is 8.08. The summed E-state index contributed by atoms with van der Waals surface area (Å²) in [6.45, 7) is 4.51. The van der Waals surface area contributed by atoms with Crippen LogP contribution in [0.5, 0.6) is 0 Å². The predicted molar refractivity (Wildman–Crippen MR) is 112 cm³/mol. The Balaban J connectivity index is 1.62. The van der Waals surface area contributed by atoms with E-state index in [2.05, 4.69) is 0 Å². The molecular weight excluding hydrogens is 406 g/mol. The van der Waals surface area contributed by atoms with Gasteiger partial charge in [0.2, 0.25) is 21.8 Å². The maximum absolute atomic E-state index is 13.2. The number of rotatable bonds is 3. The molecule has 3 heterocycles. The molecule has 3 aliphatic heterocycles. The Labute approximate surface area is 177 Å². The number of hydrogen-bond acceptors (Lipinski definition) is 5. The minimum Gasteiger partial charge on any atom is -0.378 e. The van der Waals surface area contributed by atoms with Gasteiger partial charge in [-0.25, -0.2) is 8.42 Å². The quantitative estimate of drug-likeness (QED) is 0.716. The van der Waals surface area contributed by atoms with Crippen LogP contribution in [0, 0.1) is 0 Å². The Bertz CT molecular complexity index is 919. The zero-order chi connectivity index (χ0) is 21.3. The zero-order valence-corrected chi connectivity index (χ0v) is 18.2. The molecule has 0 aromatic heterocycles. The number of nitrogens with zero attached hydrogens (tertiary/aromatic N) is 3. The number of amides is 2. The number of carbonyl (C=O) groups is 2. The molecule has 2 saturated heterocycles. The SMILES string of the molecule is CC(=O)N1c2ccc(S(=O)(=O)N3CCCCCC3)cc2CC1C(=O)N1CCOCC1. The summed E-state index contributed by atoms with van der Waals surface area (Å²) in [6, 6.07) is 4.26. The normalized spacial score (nSPS) is 23.2. The van der Waals surface area contributed by atoms with Crippen molar-refractivity contribution in [1.29, 1.82) is 0 Å². The average Bonchev–Trinajstić information content (AvgIpc) is 2.91. The van der Waals surface area contributed by atoms with Gasteiger partial charge in [0.15, 0.2) is 0 Å². The van der Waals surface area contributed by atoms with Crippen LogP contribution in [-0.4, -0.2) is 74.9 Å². The number of hydrogen-bond donors (Lipinski definition) is 0. The molecule has 9 heteroatoms. The molecule has 30 heavy (non-hydrogen) atoms. The molecule has 0 aliphatic carbocycles. The summed E-state index contributed by atoms with van der Waals surface area (Å²) in [5, 5.41) is 0. The molecule has 2 fully saturated rings. The average molecular weight is 436 g/mol. The van der Waals surface area contributed by atoms with E-state index in [1.807, 2.05) is 0 Å². The molecule has 1 aromatic carbocycles. The predicted octanol–water partition coefficient (Wildman–Crippen LogP) is 1.39. The summed E-state index contributed by atoms with van der Waals surface area (Å²) in [4.78, 5) is 29.0. The lowest BCUT2D eigenvalue weighted by molar-refractivity contribution is -0.137. The lowest BCUT2D eigenvalue weighted by Crippen LogP contribution is -2.52. The number of benzene rings is 1. The molecule has 0 radical (unpaired) electrons. The highest BCUT2D eigenvalue weighted by Crippen LogP contribution is 2.35. The highest BCUT2D eigenvalue weighted by atomic mass is 32.2. The van der Waals surface area contributed by atoms with Crippen LogP contribution < -0.4 is 4.90 Å². The van der Waals surface area contributed by atoms with Gasteiger partial charge in [0, 0.05) is 45.2 Å². The fraction of sp³-hybridized carbons (Fsp3) is 0.619. The molecule has 0 spiro atoms. The van der Waals surface area contributed by atoms with Crippen molar-refractivity contribution < 1.29 is 22.7 Å². The topological polar surface area (TPSA) is 87.2 Å². The molecule has 1 aromatic rings. The molecule has 164 valence electrons. The fourth-order valence-corrected chi connectivity index (χ4v) is 6.17. The number of anilines is 1. The second-order valence-electron chi connectivity index (χ2n) is 8.16. The highest BCUT2D eigenvalue weighted by molar-refractivity contribution is 7.89. The van der Waals surface area contributed by atoms with Gasteiger partial charge in [-0.1, -0.05) is 12.8 Å². The zero-order valence-electron chi connectivity index (χ0n) is 17.4. The number of carbonyl (C=O) groups excluding carboxylic acids is 2. The van der Waals surface area contributed by atoms with Crippen molar-refractivity contribution in [1.82, 2.24) is 9.21 Å². The second kappa shape index (κ2) is 8.64. The Morgan fingerprint density at radius 3 is 2.30 bits per heavy atom. The summed E-state index contributed by atoms with van der Waals surface area (Å²) in [5.41, 5.74) is 1.36. The summed E-state index contributed by atoms with van der Waals surface area (Å²) in [5.74, 6) is -0.329. The first-order chi connectivity index (χ1) is 14.4. The molecule has 8 nitrogen and oxygen atoms in total. The molecular formula is C21H29N3O5S. The lowest BCUT2D eigenvalue weighted by atomic mass is 10.1. The third kappa shape index (κ3) is 3.98. The smallest absolute Gasteiger partial charge is 0.246 e. The van der Waals surface area contributed by atoms with Gasteiger partial charge in [-0.05, 0) is 36.6 Å². The summed E-state index contributed by atoms with van der Waals surface area (Å²) in [6.07, 6.45) is 4.18. The molecule has 0 N–H and O–H groups in total. The van der Waals surface area contributed by atoms with Crippen LogP contribution in [0.2, 0.25) is 0 Å². The van der Waals surface area contributed by atoms with Gasteiger partial charge in [-0.15, -0.1) is 0 Å². The van der Waals surface area contributed by atoms with Crippen LogP contribution in [-0.2, 0) is 30.8 Å². The fourth-order valence-electron chi connectivity index (χ4n) is 4.60. The first-order valence-electron chi connectivity index (χ1n) is 10.7. The van der Waals surface area contributed by atoms with E-state index in [0.717, 1.165) is 31.2 Å². The Morgan fingerprint density at radius 1 is 1.00 bits per heavy atom. The summed E-state index contributed by atoms with van der Waals surface area (Å²) < 4.78 is 33.2. The number of morpholine rings is 1. The third-order valence-electron chi connectivity index (χ3n) is 6.19.